The number of amides is 2. The van der Waals surface area contributed by atoms with Gasteiger partial charge < -0.3 is 10.1 Å². The van der Waals surface area contributed by atoms with Gasteiger partial charge in [-0.1, -0.05) is 30.0 Å². The number of esters is 1. The summed E-state index contributed by atoms with van der Waals surface area (Å²) in [6.07, 6.45) is 1.26. The third-order valence-corrected chi connectivity index (χ3v) is 5.17. The van der Waals surface area contributed by atoms with Gasteiger partial charge in [0.15, 0.2) is 0 Å². The predicted octanol–water partition coefficient (Wildman–Crippen LogP) is 2.46. The second kappa shape index (κ2) is 8.89. The summed E-state index contributed by atoms with van der Waals surface area (Å²) in [5.41, 5.74) is 3.36. The first-order valence-electron chi connectivity index (χ1n) is 8.50. The lowest BCUT2D eigenvalue weighted by Crippen LogP contribution is -2.38. The van der Waals surface area contributed by atoms with Gasteiger partial charge in [-0.15, -0.1) is 0 Å². The van der Waals surface area contributed by atoms with Gasteiger partial charge >= 0.3 is 5.97 Å². The zero-order valence-corrected chi connectivity index (χ0v) is 16.3. The van der Waals surface area contributed by atoms with Crippen molar-refractivity contribution in [3.05, 3.63) is 46.0 Å². The van der Waals surface area contributed by atoms with Crippen LogP contribution in [0.3, 0.4) is 0 Å². The van der Waals surface area contributed by atoms with Crippen LogP contribution in [0.4, 0.5) is 0 Å². The third kappa shape index (κ3) is 5.11. The number of rotatable bonds is 6. The van der Waals surface area contributed by atoms with Crippen LogP contribution in [0.5, 0.6) is 0 Å². The summed E-state index contributed by atoms with van der Waals surface area (Å²) in [6, 6.07) is 5.87. The first-order chi connectivity index (χ1) is 12.3. The van der Waals surface area contributed by atoms with Gasteiger partial charge in [0.25, 0.3) is 0 Å². The molecular weight excluding hydrogens is 352 g/mol. The van der Waals surface area contributed by atoms with E-state index in [0.717, 1.165) is 11.1 Å². The maximum atomic E-state index is 12.4. The highest BCUT2D eigenvalue weighted by Crippen LogP contribution is 2.28. The molecule has 2 amide bonds. The fourth-order valence-electron chi connectivity index (χ4n) is 2.53. The minimum absolute atomic E-state index is 0.119. The molecule has 1 aromatic carbocycles. The molecule has 7 heteroatoms. The monoisotopic (exact) mass is 376 g/mol. The zero-order valence-electron chi connectivity index (χ0n) is 15.5. The molecule has 1 saturated heterocycles. The molecule has 6 nitrogen and oxygen atoms in total. The van der Waals surface area contributed by atoms with E-state index in [9.17, 15) is 14.4 Å². The van der Waals surface area contributed by atoms with Crippen molar-refractivity contribution in [1.82, 2.24) is 10.2 Å². The van der Waals surface area contributed by atoms with Crippen LogP contribution in [0.1, 0.15) is 36.6 Å². The van der Waals surface area contributed by atoms with Gasteiger partial charge in [-0.3, -0.25) is 14.5 Å². The molecule has 1 atom stereocenters. The largest absolute Gasteiger partial charge is 0.463 e. The summed E-state index contributed by atoms with van der Waals surface area (Å²) in [5.74, 6) is -0.773. The second-order valence-electron chi connectivity index (χ2n) is 6.14. The molecule has 1 N–H and O–H groups in total. The molecule has 0 aromatic heterocycles. The van der Waals surface area contributed by atoms with E-state index >= 15 is 0 Å². The molecular formula is C19H24N2O4S. The van der Waals surface area contributed by atoms with Crippen molar-refractivity contribution >= 4 is 29.5 Å². The van der Waals surface area contributed by atoms with Crippen molar-refractivity contribution in [2.45, 2.75) is 33.7 Å². The number of benzene rings is 1. The van der Waals surface area contributed by atoms with Crippen LogP contribution >= 0.6 is 11.8 Å². The third-order valence-electron chi connectivity index (χ3n) is 4.15. The molecule has 0 saturated carbocycles. The minimum atomic E-state index is -0.515. The number of ether oxygens (including phenoxy) is 1. The van der Waals surface area contributed by atoms with E-state index in [0.29, 0.717) is 5.03 Å². The molecule has 0 spiro atoms. The van der Waals surface area contributed by atoms with Crippen molar-refractivity contribution < 1.29 is 19.1 Å². The Bertz CT molecular complexity index is 745. The van der Waals surface area contributed by atoms with Gasteiger partial charge in [0.1, 0.15) is 6.54 Å². The Morgan fingerprint density at radius 3 is 2.73 bits per heavy atom. The highest BCUT2D eigenvalue weighted by molar-refractivity contribution is 8.04. The molecule has 0 radical (unpaired) electrons. The summed E-state index contributed by atoms with van der Waals surface area (Å²) in [5, 5.41) is 3.35. The standard InChI is InChI=1S/C19H24N2O4S/c1-5-25-19(24)9-18-21(17(23)11-26-18)10-16(22)20-14(4)15-7-6-12(2)13(3)8-15/h6-9,14H,5,10-11H2,1-4H3,(H,20,22). The van der Waals surface area contributed by atoms with Gasteiger partial charge in [0.05, 0.1) is 29.5 Å². The average Bonchev–Trinajstić information content (AvgIpc) is 2.90. The summed E-state index contributed by atoms with van der Waals surface area (Å²) >= 11 is 1.23. The Hall–Kier alpha value is -2.28. The van der Waals surface area contributed by atoms with Crippen molar-refractivity contribution in [2.24, 2.45) is 0 Å². The van der Waals surface area contributed by atoms with Crippen LogP contribution < -0.4 is 5.32 Å². The lowest BCUT2D eigenvalue weighted by molar-refractivity contribution is -0.137. The fourth-order valence-corrected chi connectivity index (χ4v) is 3.46. The van der Waals surface area contributed by atoms with Crippen LogP contribution in [-0.2, 0) is 19.1 Å². The van der Waals surface area contributed by atoms with Gasteiger partial charge in [-0.25, -0.2) is 4.79 Å². The number of aryl methyl sites for hydroxylation is 2. The lowest BCUT2D eigenvalue weighted by Gasteiger charge is -2.20. The Morgan fingerprint density at radius 1 is 1.35 bits per heavy atom. The first-order valence-corrected chi connectivity index (χ1v) is 9.48. The van der Waals surface area contributed by atoms with Crippen LogP contribution in [0, 0.1) is 13.8 Å². The Morgan fingerprint density at radius 2 is 2.08 bits per heavy atom. The average molecular weight is 376 g/mol. The van der Waals surface area contributed by atoms with Crippen molar-refractivity contribution in [3.8, 4) is 0 Å². The van der Waals surface area contributed by atoms with Gasteiger partial charge in [0, 0.05) is 0 Å². The smallest absolute Gasteiger partial charge is 0.333 e. The number of nitrogens with zero attached hydrogens (tertiary/aromatic N) is 1. The van der Waals surface area contributed by atoms with Crippen molar-refractivity contribution in [2.75, 3.05) is 18.9 Å². The maximum absolute atomic E-state index is 12.4. The molecule has 26 heavy (non-hydrogen) atoms. The van der Waals surface area contributed by atoms with E-state index < -0.39 is 5.97 Å². The maximum Gasteiger partial charge on any atom is 0.333 e. The van der Waals surface area contributed by atoms with Crippen molar-refractivity contribution in [1.29, 1.82) is 0 Å². The topological polar surface area (TPSA) is 75.7 Å². The Labute approximate surface area is 158 Å². The van der Waals surface area contributed by atoms with Crippen LogP contribution in [0.15, 0.2) is 29.3 Å². The highest BCUT2D eigenvalue weighted by Gasteiger charge is 2.29. The van der Waals surface area contributed by atoms with E-state index in [4.69, 9.17) is 4.74 Å². The number of thioether (sulfide) groups is 1. The molecule has 1 aromatic rings. The predicted molar refractivity (Wildman–Crippen MR) is 101 cm³/mol. The van der Waals surface area contributed by atoms with Crippen LogP contribution in [0.2, 0.25) is 0 Å². The zero-order chi connectivity index (χ0) is 19.3. The summed E-state index contributed by atoms with van der Waals surface area (Å²) < 4.78 is 4.87. The molecule has 140 valence electrons. The summed E-state index contributed by atoms with van der Waals surface area (Å²) in [4.78, 5) is 37.3. The first kappa shape index (κ1) is 20.0. The van der Waals surface area contributed by atoms with E-state index in [1.54, 1.807) is 6.92 Å². The molecule has 1 heterocycles. The van der Waals surface area contributed by atoms with E-state index in [1.165, 1.54) is 28.3 Å². The quantitative estimate of drug-likeness (QED) is 0.610. The highest BCUT2D eigenvalue weighted by atomic mass is 32.2. The number of carbonyl (C=O) groups is 3. The number of nitrogens with one attached hydrogen (secondary N) is 1. The molecule has 2 rings (SSSR count). The Kier molecular flexibility index (Phi) is 6.85. The summed E-state index contributed by atoms with van der Waals surface area (Å²) in [6.45, 7) is 7.82. The minimum Gasteiger partial charge on any atom is -0.463 e. The van der Waals surface area contributed by atoms with Gasteiger partial charge in [-0.2, -0.15) is 0 Å². The molecule has 1 unspecified atom stereocenters. The second-order valence-corrected chi connectivity index (χ2v) is 7.13. The lowest BCUT2D eigenvalue weighted by atomic mass is 10.0. The number of hydrogen-bond donors (Lipinski definition) is 1. The van der Waals surface area contributed by atoms with Crippen molar-refractivity contribution in [3.63, 3.8) is 0 Å². The number of carbonyl (C=O) groups excluding carboxylic acids is 3. The van der Waals surface area contributed by atoms with E-state index in [1.807, 2.05) is 39.0 Å². The summed E-state index contributed by atoms with van der Waals surface area (Å²) in [7, 11) is 0. The van der Waals surface area contributed by atoms with E-state index in [2.05, 4.69) is 5.32 Å². The van der Waals surface area contributed by atoms with Gasteiger partial charge in [0.2, 0.25) is 11.8 Å². The molecule has 0 aliphatic carbocycles. The normalized spacial score (nSPS) is 16.7. The van der Waals surface area contributed by atoms with Gasteiger partial charge in [-0.05, 0) is 44.4 Å². The molecule has 0 bridgehead atoms. The van der Waals surface area contributed by atoms with E-state index in [-0.39, 0.29) is 36.8 Å². The SMILES string of the molecule is CCOC(=O)C=C1SCC(=O)N1CC(=O)NC(C)c1ccc(C)c(C)c1. The Balaban J connectivity index is 2.01. The number of hydrogen-bond acceptors (Lipinski definition) is 5. The molecule has 1 fully saturated rings. The van der Waals surface area contributed by atoms with Crippen LogP contribution in [-0.4, -0.2) is 41.6 Å². The molecule has 1 aliphatic heterocycles. The molecule has 1 aliphatic rings. The van der Waals surface area contributed by atoms with Crippen LogP contribution in [0.25, 0.3) is 0 Å². The fraction of sp³-hybridized carbons (Fsp3) is 0.421.